The van der Waals surface area contributed by atoms with Crippen LogP contribution in [0.25, 0.3) is 0 Å². The first kappa shape index (κ1) is 34.6. The van der Waals surface area contributed by atoms with Crippen LogP contribution in [-0.4, -0.2) is 76.6 Å². The van der Waals surface area contributed by atoms with Crippen molar-refractivity contribution in [3.63, 3.8) is 0 Å². The van der Waals surface area contributed by atoms with Gasteiger partial charge in [-0.3, -0.25) is 19.2 Å². The normalized spacial score (nSPS) is 23.7. The fourth-order valence-electron chi connectivity index (χ4n) is 4.49. The van der Waals surface area contributed by atoms with E-state index in [1.54, 1.807) is 24.3 Å². The lowest BCUT2D eigenvalue weighted by molar-refractivity contribution is -0.142. The van der Waals surface area contributed by atoms with Crippen LogP contribution in [0.3, 0.4) is 0 Å². The largest absolute Gasteiger partial charge is 0.506 e. The minimum Gasteiger partial charge on any atom is -0.506 e. The van der Waals surface area contributed by atoms with Gasteiger partial charge in [-0.2, -0.15) is 5.11 Å². The molecule has 4 bridgehead atoms. The number of unbranched alkanes of at least 4 members (excludes halogenated alkanes) is 1. The van der Waals surface area contributed by atoms with Crippen LogP contribution in [0.5, 0.6) is 5.75 Å². The molecule has 0 radical (unpaired) electrons. The van der Waals surface area contributed by atoms with Crippen molar-refractivity contribution >= 4 is 41.0 Å². The maximum atomic E-state index is 13.2. The number of phenols is 1. The third-order valence-corrected chi connectivity index (χ3v) is 7.18. The number of amides is 4. The number of carbonyl (C=O) groups excluding carboxylic acids is 4. The van der Waals surface area contributed by atoms with Crippen molar-refractivity contribution in [3.05, 3.63) is 53.6 Å². The molecular formula is C30H40N8O7. The smallest absolute Gasteiger partial charge is 0.326 e. The number of carboxylic acids is 1. The van der Waals surface area contributed by atoms with Crippen LogP contribution in [-0.2, 0) is 36.8 Å². The van der Waals surface area contributed by atoms with E-state index in [9.17, 15) is 34.2 Å². The molecule has 15 heteroatoms. The lowest BCUT2D eigenvalue weighted by Gasteiger charge is -2.24. The van der Waals surface area contributed by atoms with E-state index in [1.165, 1.54) is 32.0 Å². The van der Waals surface area contributed by atoms with Gasteiger partial charge in [0.1, 0.15) is 35.6 Å². The summed E-state index contributed by atoms with van der Waals surface area (Å²) in [6.45, 7) is 3.20. The van der Waals surface area contributed by atoms with Crippen LogP contribution >= 0.6 is 0 Å². The summed E-state index contributed by atoms with van der Waals surface area (Å²) in [7, 11) is 0. The van der Waals surface area contributed by atoms with Gasteiger partial charge < -0.3 is 42.9 Å². The Bertz CT molecular complexity index is 1420. The number of carbonyl (C=O) groups is 5. The lowest BCUT2D eigenvalue weighted by Crippen LogP contribution is -2.57. The van der Waals surface area contributed by atoms with Gasteiger partial charge >= 0.3 is 5.97 Å². The second-order valence-electron chi connectivity index (χ2n) is 10.9. The van der Waals surface area contributed by atoms with Crippen LogP contribution in [0.4, 0.5) is 11.4 Å². The van der Waals surface area contributed by atoms with Crippen LogP contribution in [0.1, 0.15) is 44.2 Å². The van der Waals surface area contributed by atoms with Gasteiger partial charge in [-0.25, -0.2) is 4.79 Å². The molecule has 10 N–H and O–H groups in total. The molecule has 0 fully saturated rings. The molecule has 0 aromatic heterocycles. The molecule has 2 heterocycles. The molecule has 2 aliphatic heterocycles. The van der Waals surface area contributed by atoms with Crippen molar-refractivity contribution in [1.82, 2.24) is 21.3 Å². The lowest BCUT2D eigenvalue weighted by atomic mass is 10.0. The molecule has 5 atom stereocenters. The van der Waals surface area contributed by atoms with E-state index >= 15 is 0 Å². The predicted octanol–water partition coefficient (Wildman–Crippen LogP) is 0.426. The molecule has 4 rings (SSSR count). The Labute approximate surface area is 260 Å². The molecule has 0 saturated carbocycles. The van der Waals surface area contributed by atoms with E-state index in [2.05, 4.69) is 31.5 Å². The zero-order valence-corrected chi connectivity index (χ0v) is 25.2. The first-order chi connectivity index (χ1) is 21.4. The monoisotopic (exact) mass is 624 g/mol. The topological polar surface area (TPSA) is 251 Å². The number of nitrogens with zero attached hydrogens (tertiary/aromatic N) is 2. The average Bonchev–Trinajstić information content (AvgIpc) is 3.00. The number of azo groups is 1. The first-order valence-electron chi connectivity index (χ1n) is 14.6. The van der Waals surface area contributed by atoms with E-state index in [4.69, 9.17) is 11.5 Å². The fourth-order valence-corrected chi connectivity index (χ4v) is 4.49. The number of aromatic hydroxyl groups is 1. The zero-order chi connectivity index (χ0) is 33.1. The summed E-state index contributed by atoms with van der Waals surface area (Å²) in [4.78, 5) is 63.9. The van der Waals surface area contributed by atoms with Crippen LogP contribution < -0.4 is 32.7 Å². The maximum Gasteiger partial charge on any atom is 0.326 e. The Kier molecular flexibility index (Phi) is 12.5. The molecular weight excluding hydrogens is 584 g/mol. The molecule has 0 saturated heterocycles. The molecule has 15 nitrogen and oxygen atoms in total. The predicted molar refractivity (Wildman–Crippen MR) is 164 cm³/mol. The van der Waals surface area contributed by atoms with Crippen LogP contribution in [0.2, 0.25) is 0 Å². The number of nitrogens with two attached hydrogens (primary N) is 2. The molecule has 45 heavy (non-hydrogen) atoms. The molecule has 2 aromatic rings. The number of nitrogens with one attached hydrogen (secondary N) is 4. The minimum absolute atomic E-state index is 0.0812. The van der Waals surface area contributed by atoms with Crippen molar-refractivity contribution < 1.29 is 34.2 Å². The van der Waals surface area contributed by atoms with E-state index in [-0.39, 0.29) is 30.7 Å². The van der Waals surface area contributed by atoms with E-state index < -0.39 is 59.8 Å². The molecule has 2 aliphatic rings. The Morgan fingerprint density at radius 3 is 2.09 bits per heavy atom. The van der Waals surface area contributed by atoms with Gasteiger partial charge in [-0.05, 0) is 81.5 Å². The summed E-state index contributed by atoms with van der Waals surface area (Å²) in [6.07, 6.45) is 1.29. The van der Waals surface area contributed by atoms with Gasteiger partial charge in [0.05, 0.1) is 11.7 Å². The quantitative estimate of drug-likeness (QED) is 0.169. The number of benzene rings is 2. The number of carboxylic acid groups (broad SMARTS) is 1. The minimum atomic E-state index is -1.37. The Balaban J connectivity index is 1.93. The van der Waals surface area contributed by atoms with Crippen molar-refractivity contribution in [1.29, 1.82) is 0 Å². The summed E-state index contributed by atoms with van der Waals surface area (Å²) >= 11 is 0. The zero-order valence-electron chi connectivity index (χ0n) is 25.2. The van der Waals surface area contributed by atoms with Gasteiger partial charge in [0.15, 0.2) is 0 Å². The van der Waals surface area contributed by atoms with Gasteiger partial charge in [-0.15, -0.1) is 5.11 Å². The number of aliphatic carboxylic acids is 1. The van der Waals surface area contributed by atoms with E-state index in [0.717, 1.165) is 5.56 Å². The number of rotatable bonds is 5. The van der Waals surface area contributed by atoms with E-state index in [0.29, 0.717) is 30.6 Å². The summed E-state index contributed by atoms with van der Waals surface area (Å²) in [5, 5.41) is 38.4. The van der Waals surface area contributed by atoms with Gasteiger partial charge in [0.25, 0.3) is 0 Å². The third kappa shape index (κ3) is 10.4. The summed E-state index contributed by atoms with van der Waals surface area (Å²) in [5.74, 6) is -4.16. The summed E-state index contributed by atoms with van der Waals surface area (Å²) in [5.41, 5.74) is 13.4. The van der Waals surface area contributed by atoms with E-state index in [1.807, 2.05) is 0 Å². The summed E-state index contributed by atoms with van der Waals surface area (Å²) < 4.78 is 0. The molecule has 4 amide bonds. The van der Waals surface area contributed by atoms with Crippen LogP contribution in [0, 0.1) is 0 Å². The third-order valence-electron chi connectivity index (χ3n) is 7.18. The number of hydrogen-bond acceptors (Lipinski definition) is 10. The molecule has 0 aliphatic carbocycles. The van der Waals surface area contributed by atoms with Crippen molar-refractivity contribution in [2.45, 2.75) is 76.2 Å². The molecule has 0 spiro atoms. The SMILES string of the molecule is CC1NC(=O)C(N)Cc2ccc(cc2)N=Nc2cc(ccc2O)CC(C(=O)O)NC(=O)C(C)NC(=O)C(CCCCN)NC1=O. The van der Waals surface area contributed by atoms with Gasteiger partial charge in [0, 0.05) is 6.42 Å². The van der Waals surface area contributed by atoms with Gasteiger partial charge in [-0.1, -0.05) is 18.2 Å². The maximum absolute atomic E-state index is 13.2. The number of hydrogen-bond donors (Lipinski definition) is 8. The first-order valence-corrected chi connectivity index (χ1v) is 14.6. The summed E-state index contributed by atoms with van der Waals surface area (Å²) in [6, 6.07) is 5.38. The second kappa shape index (κ2) is 16.3. The van der Waals surface area contributed by atoms with Crippen molar-refractivity contribution in [2.24, 2.45) is 21.7 Å². The highest BCUT2D eigenvalue weighted by Crippen LogP contribution is 2.30. The van der Waals surface area contributed by atoms with Crippen LogP contribution in [0.15, 0.2) is 52.7 Å². The van der Waals surface area contributed by atoms with Gasteiger partial charge in [0.2, 0.25) is 23.6 Å². The van der Waals surface area contributed by atoms with Crippen molar-refractivity contribution in [3.8, 4) is 5.75 Å². The van der Waals surface area contributed by atoms with Crippen molar-refractivity contribution in [2.75, 3.05) is 6.54 Å². The number of phenolic OH excluding ortho intramolecular Hbond substituents is 1. The highest BCUT2D eigenvalue weighted by molar-refractivity contribution is 5.95. The highest BCUT2D eigenvalue weighted by atomic mass is 16.4. The number of fused-ring (bicyclic) bond motifs is 16. The Morgan fingerprint density at radius 1 is 0.822 bits per heavy atom. The fraction of sp³-hybridized carbons (Fsp3) is 0.433. The Morgan fingerprint density at radius 2 is 1.44 bits per heavy atom. The standard InChI is InChI=1S/C30H40N8O7/c1-16-26(40)35-22(5-3-4-12-31)29(43)34-17(2)27(41)36-24(30(44)45)15-19-8-11-25(39)23(14-19)38-37-20-9-6-18(7-10-20)13-21(32)28(42)33-16/h6-11,14,16-17,21-22,24,39H,3-5,12-13,15,31-32H2,1-2H3,(H,33,42)(H,34,43)(H,35,40)(H,36,41)(H,44,45). The molecule has 242 valence electrons. The molecule has 5 unspecified atom stereocenters. The highest BCUT2D eigenvalue weighted by Gasteiger charge is 2.29. The second-order valence-corrected chi connectivity index (χ2v) is 10.9. The molecule has 2 aromatic carbocycles. The average molecular weight is 625 g/mol. The Hall–Kier alpha value is -4.89.